The Morgan fingerprint density at radius 2 is 1.59 bits per heavy atom. The first-order valence-corrected chi connectivity index (χ1v) is 10.1. The van der Waals surface area contributed by atoms with Crippen LogP contribution in [-0.2, 0) is 0 Å². The van der Waals surface area contributed by atoms with Crippen molar-refractivity contribution in [2.75, 3.05) is 0 Å². The van der Waals surface area contributed by atoms with Gasteiger partial charge in [-0.15, -0.1) is 0 Å². The average molecular weight is 474 g/mol. The first-order chi connectivity index (χ1) is 16.1. The van der Waals surface area contributed by atoms with E-state index in [1.54, 1.807) is 36.4 Å². The summed E-state index contributed by atoms with van der Waals surface area (Å²) in [7, 11) is 0. The molecule has 1 fully saturated rings. The Morgan fingerprint density at radius 1 is 0.941 bits per heavy atom. The molecule has 6 nitrogen and oxygen atoms in total. The summed E-state index contributed by atoms with van der Waals surface area (Å²) in [6.07, 6.45) is -5.40. The van der Waals surface area contributed by atoms with Gasteiger partial charge in [0.15, 0.2) is 5.78 Å². The predicted octanol–water partition coefficient (Wildman–Crippen LogP) is 4.72. The largest absolute Gasteiger partial charge is 0.457 e. The van der Waals surface area contributed by atoms with Crippen molar-refractivity contribution < 1.29 is 37.0 Å². The number of carbonyl (C=O) groups excluding carboxylic acids is 2. The van der Waals surface area contributed by atoms with E-state index in [0.29, 0.717) is 5.75 Å². The summed E-state index contributed by atoms with van der Waals surface area (Å²) in [4.78, 5) is 25.4. The van der Waals surface area contributed by atoms with Crippen LogP contribution in [0.4, 0.5) is 22.4 Å². The van der Waals surface area contributed by atoms with E-state index in [0.717, 1.165) is 24.3 Å². The number of hydrogen-bond donors (Lipinski definition) is 3. The Kier molecular flexibility index (Phi) is 6.01. The minimum atomic E-state index is -5.40. The van der Waals surface area contributed by atoms with Crippen molar-refractivity contribution in [2.45, 2.75) is 17.9 Å². The monoisotopic (exact) mass is 474 g/mol. The summed E-state index contributed by atoms with van der Waals surface area (Å²) in [5.41, 5.74) is -4.07. The summed E-state index contributed by atoms with van der Waals surface area (Å²) in [5, 5.41) is 14.4. The Bertz CT molecular complexity index is 1200. The van der Waals surface area contributed by atoms with Crippen LogP contribution in [0, 0.1) is 11.7 Å². The van der Waals surface area contributed by atoms with Gasteiger partial charge in [-0.3, -0.25) is 4.79 Å². The number of para-hydroxylation sites is 1. The molecular weight excluding hydrogens is 456 g/mol. The highest BCUT2D eigenvalue weighted by atomic mass is 19.4. The van der Waals surface area contributed by atoms with Crippen LogP contribution in [0.25, 0.3) is 0 Å². The fourth-order valence-electron chi connectivity index (χ4n) is 3.81. The quantitative estimate of drug-likeness (QED) is 0.369. The maximum Gasteiger partial charge on any atom is 0.437 e. The molecule has 3 atom stereocenters. The van der Waals surface area contributed by atoms with E-state index >= 15 is 0 Å². The summed E-state index contributed by atoms with van der Waals surface area (Å²) < 4.78 is 61.1. The van der Waals surface area contributed by atoms with E-state index in [9.17, 15) is 32.3 Å². The van der Waals surface area contributed by atoms with Crippen LogP contribution in [0.2, 0.25) is 0 Å². The highest BCUT2D eigenvalue weighted by Gasteiger charge is 2.66. The van der Waals surface area contributed by atoms with E-state index in [2.05, 4.69) is 5.32 Å². The van der Waals surface area contributed by atoms with E-state index in [-0.39, 0.29) is 16.9 Å². The highest BCUT2D eigenvalue weighted by Crippen LogP contribution is 2.44. The lowest BCUT2D eigenvalue weighted by atomic mass is 9.77. The molecule has 3 aromatic rings. The molecule has 3 aromatic carbocycles. The van der Waals surface area contributed by atoms with Crippen LogP contribution in [0.3, 0.4) is 0 Å². The zero-order valence-electron chi connectivity index (χ0n) is 17.3. The number of halogens is 4. The van der Waals surface area contributed by atoms with Crippen LogP contribution in [0.5, 0.6) is 11.5 Å². The molecule has 176 valence electrons. The second kappa shape index (κ2) is 8.79. The summed E-state index contributed by atoms with van der Waals surface area (Å²) in [6.45, 7) is 0. The SMILES string of the molecule is O=C1N[C@H](c2cccc(Oc3ccccc3)c2)[C@H](C(=O)c2ccc(F)cc2)[C@@](O)(C(F)(F)F)N1. The molecule has 4 rings (SSSR count). The summed E-state index contributed by atoms with van der Waals surface area (Å²) in [6, 6.07) is 15.3. The fraction of sp³-hybridized carbons (Fsp3) is 0.167. The Balaban J connectivity index is 1.78. The van der Waals surface area contributed by atoms with Crippen molar-refractivity contribution in [1.29, 1.82) is 0 Å². The minimum Gasteiger partial charge on any atom is -0.457 e. The first kappa shape index (κ1) is 23.2. The molecule has 1 aliphatic heterocycles. The van der Waals surface area contributed by atoms with Gasteiger partial charge in [-0.2, -0.15) is 13.2 Å². The van der Waals surface area contributed by atoms with E-state index < -0.39 is 41.5 Å². The molecular formula is C24H18F4N2O4. The van der Waals surface area contributed by atoms with Gasteiger partial charge < -0.3 is 20.5 Å². The Labute approximate surface area is 191 Å². The van der Waals surface area contributed by atoms with Crippen molar-refractivity contribution in [3.05, 3.63) is 95.8 Å². The van der Waals surface area contributed by atoms with Crippen molar-refractivity contribution in [3.63, 3.8) is 0 Å². The molecule has 0 spiro atoms. The number of carbonyl (C=O) groups is 2. The Morgan fingerprint density at radius 3 is 2.24 bits per heavy atom. The van der Waals surface area contributed by atoms with Gasteiger partial charge in [0.25, 0.3) is 0 Å². The molecule has 10 heteroatoms. The molecule has 0 bridgehead atoms. The molecule has 1 saturated heterocycles. The number of ether oxygens (including phenoxy) is 1. The van der Waals surface area contributed by atoms with Crippen LogP contribution in [-0.4, -0.2) is 28.8 Å². The number of urea groups is 1. The van der Waals surface area contributed by atoms with Gasteiger partial charge in [-0.05, 0) is 54.1 Å². The lowest BCUT2D eigenvalue weighted by molar-refractivity contribution is -0.287. The van der Waals surface area contributed by atoms with Gasteiger partial charge in [-0.25, -0.2) is 9.18 Å². The van der Waals surface area contributed by atoms with Crippen molar-refractivity contribution in [3.8, 4) is 11.5 Å². The number of ketones is 1. The predicted molar refractivity (Wildman–Crippen MR) is 113 cm³/mol. The number of benzene rings is 3. The molecule has 0 saturated carbocycles. The average Bonchev–Trinajstić information content (AvgIpc) is 2.79. The molecule has 0 aliphatic carbocycles. The van der Waals surface area contributed by atoms with Crippen LogP contribution >= 0.6 is 0 Å². The fourth-order valence-corrected chi connectivity index (χ4v) is 3.81. The standard InChI is InChI=1S/C24H18F4N2O4/c25-16-11-9-14(10-12-16)21(31)19-20(29-22(32)30-23(19,33)24(26,27)28)15-5-4-8-18(13-15)34-17-6-2-1-3-7-17/h1-13,19-20,33H,(H2,29,30,32)/t19-,20-,23-/m1/s1. The van der Waals surface area contributed by atoms with Crippen LogP contribution in [0.1, 0.15) is 22.0 Å². The van der Waals surface area contributed by atoms with E-state index in [4.69, 9.17) is 4.74 Å². The topological polar surface area (TPSA) is 87.7 Å². The van der Waals surface area contributed by atoms with Crippen LogP contribution in [0.15, 0.2) is 78.9 Å². The smallest absolute Gasteiger partial charge is 0.437 e. The maximum absolute atomic E-state index is 14.0. The van der Waals surface area contributed by atoms with Crippen LogP contribution < -0.4 is 15.4 Å². The normalized spacial score (nSPS) is 22.4. The second-order valence-electron chi connectivity index (χ2n) is 7.68. The van der Waals surface area contributed by atoms with Gasteiger partial charge in [0.05, 0.1) is 6.04 Å². The Hall–Kier alpha value is -3.92. The highest BCUT2D eigenvalue weighted by molar-refractivity contribution is 6.00. The van der Waals surface area contributed by atoms with Gasteiger partial charge in [0, 0.05) is 5.56 Å². The van der Waals surface area contributed by atoms with Gasteiger partial charge in [-0.1, -0.05) is 30.3 Å². The molecule has 0 aromatic heterocycles. The number of nitrogens with one attached hydrogen (secondary N) is 2. The third-order valence-corrected chi connectivity index (χ3v) is 5.41. The number of hydrogen-bond acceptors (Lipinski definition) is 4. The molecule has 0 unspecified atom stereocenters. The zero-order valence-corrected chi connectivity index (χ0v) is 17.3. The van der Waals surface area contributed by atoms with E-state index in [1.807, 2.05) is 0 Å². The molecule has 1 heterocycles. The maximum atomic E-state index is 14.0. The van der Waals surface area contributed by atoms with Crippen molar-refractivity contribution >= 4 is 11.8 Å². The van der Waals surface area contributed by atoms with Gasteiger partial charge >= 0.3 is 12.2 Å². The van der Waals surface area contributed by atoms with Gasteiger partial charge in [0.1, 0.15) is 23.2 Å². The molecule has 2 amide bonds. The molecule has 34 heavy (non-hydrogen) atoms. The third-order valence-electron chi connectivity index (χ3n) is 5.41. The van der Waals surface area contributed by atoms with Gasteiger partial charge in [0.2, 0.25) is 5.72 Å². The number of aliphatic hydroxyl groups is 1. The number of Topliss-reactive ketones (excluding diaryl/α,β-unsaturated/α-hetero) is 1. The lowest BCUT2D eigenvalue weighted by Gasteiger charge is -2.45. The van der Waals surface area contributed by atoms with Crippen molar-refractivity contribution in [2.24, 2.45) is 5.92 Å². The molecule has 0 radical (unpaired) electrons. The number of alkyl halides is 3. The number of amides is 2. The number of rotatable bonds is 5. The zero-order chi connectivity index (χ0) is 24.5. The minimum absolute atomic E-state index is 0.0893. The van der Waals surface area contributed by atoms with Crippen molar-refractivity contribution in [1.82, 2.24) is 10.6 Å². The first-order valence-electron chi connectivity index (χ1n) is 10.1. The lowest BCUT2D eigenvalue weighted by Crippen LogP contribution is -2.72. The summed E-state index contributed by atoms with van der Waals surface area (Å²) >= 11 is 0. The summed E-state index contributed by atoms with van der Waals surface area (Å²) in [5.74, 6) is -3.38. The molecule has 1 aliphatic rings. The molecule has 3 N–H and O–H groups in total. The second-order valence-corrected chi connectivity index (χ2v) is 7.68. The third kappa shape index (κ3) is 4.44. The van der Waals surface area contributed by atoms with E-state index in [1.165, 1.54) is 23.5 Å².